The van der Waals surface area contributed by atoms with Gasteiger partial charge in [-0.15, -0.1) is 0 Å². The summed E-state index contributed by atoms with van der Waals surface area (Å²) in [6.07, 6.45) is 1.74. The van der Waals surface area contributed by atoms with Crippen LogP contribution in [0.25, 0.3) is 11.1 Å². The van der Waals surface area contributed by atoms with Gasteiger partial charge in [-0.05, 0) is 37.1 Å². The number of likely N-dealkylation sites (N-methyl/N-ethyl adjacent to an activating group) is 1. The lowest BCUT2D eigenvalue weighted by Gasteiger charge is -2.41. The minimum atomic E-state index is 0.238. The molecule has 1 aliphatic heterocycles. The van der Waals surface area contributed by atoms with Crippen LogP contribution in [0, 0.1) is 0 Å². The Bertz CT molecular complexity index is 846. The summed E-state index contributed by atoms with van der Waals surface area (Å²) >= 11 is 0. The summed E-state index contributed by atoms with van der Waals surface area (Å²) in [6.45, 7) is 0.955. The van der Waals surface area contributed by atoms with Gasteiger partial charge in [0.25, 0.3) is 0 Å². The molecule has 5 nitrogen and oxygen atoms in total. The number of nitrogens with zero attached hydrogens (tertiary/aromatic N) is 1. The van der Waals surface area contributed by atoms with E-state index in [1.807, 2.05) is 6.07 Å². The number of phenols is 1. The normalized spacial score (nSPS) is 18.3. The Balaban J connectivity index is 2.17. The van der Waals surface area contributed by atoms with E-state index in [1.54, 1.807) is 27.4 Å². The van der Waals surface area contributed by atoms with E-state index in [1.165, 1.54) is 5.56 Å². The van der Waals surface area contributed by atoms with Crippen molar-refractivity contribution in [3.8, 4) is 34.1 Å². The van der Waals surface area contributed by atoms with Gasteiger partial charge in [-0.25, -0.2) is 0 Å². The van der Waals surface area contributed by atoms with Crippen molar-refractivity contribution < 1.29 is 19.3 Å². The molecule has 0 fully saturated rings. The van der Waals surface area contributed by atoms with Gasteiger partial charge in [0.2, 0.25) is 5.75 Å². The van der Waals surface area contributed by atoms with Crippen LogP contribution in [0.4, 0.5) is 0 Å². The molecular formula is C20H23NO4. The predicted octanol–water partition coefficient (Wildman–Crippen LogP) is 3.17. The summed E-state index contributed by atoms with van der Waals surface area (Å²) in [5.41, 5.74) is 5.27. The Hall–Kier alpha value is -2.40. The number of methoxy groups -OCH3 is 3. The minimum absolute atomic E-state index is 0.238. The second-order valence-corrected chi connectivity index (χ2v) is 6.63. The first-order valence-corrected chi connectivity index (χ1v) is 8.48. The van der Waals surface area contributed by atoms with E-state index in [2.05, 4.69) is 18.0 Å². The van der Waals surface area contributed by atoms with Crippen molar-refractivity contribution in [2.45, 2.75) is 18.9 Å². The molecule has 0 radical (unpaired) electrons. The first-order valence-electron chi connectivity index (χ1n) is 8.48. The fourth-order valence-corrected chi connectivity index (χ4v) is 4.39. The van der Waals surface area contributed by atoms with Crippen LogP contribution in [0.1, 0.15) is 22.7 Å². The summed E-state index contributed by atoms with van der Waals surface area (Å²) in [5.74, 6) is 2.24. The molecular weight excluding hydrogens is 318 g/mol. The first-order chi connectivity index (χ1) is 12.1. The topological polar surface area (TPSA) is 51.2 Å². The number of rotatable bonds is 3. The maximum atomic E-state index is 10.6. The molecule has 132 valence electrons. The Morgan fingerprint density at radius 3 is 2.40 bits per heavy atom. The van der Waals surface area contributed by atoms with Crippen LogP contribution < -0.4 is 14.2 Å². The molecule has 0 aromatic heterocycles. The summed E-state index contributed by atoms with van der Waals surface area (Å²) < 4.78 is 17.1. The van der Waals surface area contributed by atoms with E-state index in [9.17, 15) is 5.11 Å². The van der Waals surface area contributed by atoms with Crippen molar-refractivity contribution in [3.05, 3.63) is 34.9 Å². The number of aromatic hydroxyl groups is 1. The molecule has 0 amide bonds. The third kappa shape index (κ3) is 2.12. The van der Waals surface area contributed by atoms with E-state index < -0.39 is 0 Å². The zero-order valence-corrected chi connectivity index (χ0v) is 15.0. The Labute approximate surface area is 147 Å². The summed E-state index contributed by atoms with van der Waals surface area (Å²) in [7, 11) is 7.08. The van der Waals surface area contributed by atoms with Crippen molar-refractivity contribution >= 4 is 0 Å². The lowest BCUT2D eigenvalue weighted by molar-refractivity contribution is 0.222. The molecule has 5 heteroatoms. The molecule has 1 heterocycles. The molecule has 0 saturated heterocycles. The largest absolute Gasteiger partial charge is 0.507 e. The molecule has 2 aromatic rings. The van der Waals surface area contributed by atoms with Crippen LogP contribution in [-0.4, -0.2) is 44.9 Å². The molecule has 1 N–H and O–H groups in total. The van der Waals surface area contributed by atoms with Gasteiger partial charge in [0, 0.05) is 29.3 Å². The van der Waals surface area contributed by atoms with Crippen LogP contribution in [-0.2, 0) is 12.8 Å². The van der Waals surface area contributed by atoms with Crippen molar-refractivity contribution in [1.29, 1.82) is 0 Å². The van der Waals surface area contributed by atoms with Gasteiger partial charge in [0.15, 0.2) is 11.5 Å². The second kappa shape index (κ2) is 5.85. The van der Waals surface area contributed by atoms with E-state index >= 15 is 0 Å². The highest BCUT2D eigenvalue weighted by Crippen LogP contribution is 2.58. The van der Waals surface area contributed by atoms with E-state index in [0.717, 1.165) is 47.4 Å². The minimum Gasteiger partial charge on any atom is -0.507 e. The fraction of sp³-hybridized carbons (Fsp3) is 0.400. The van der Waals surface area contributed by atoms with Gasteiger partial charge in [-0.2, -0.15) is 0 Å². The third-order valence-corrected chi connectivity index (χ3v) is 5.49. The smallest absolute Gasteiger partial charge is 0.204 e. The molecule has 0 unspecified atom stereocenters. The SMILES string of the molecule is COc1c2c3c(c(OC)c1OC)-c1c(O)cccc1C[C@H]3N(C)CC2. The van der Waals surface area contributed by atoms with Crippen LogP contribution >= 0.6 is 0 Å². The molecule has 2 aliphatic rings. The van der Waals surface area contributed by atoms with Crippen LogP contribution in [0.2, 0.25) is 0 Å². The molecule has 2 aromatic carbocycles. The predicted molar refractivity (Wildman–Crippen MR) is 96.0 cm³/mol. The molecule has 4 rings (SSSR count). The average Bonchev–Trinajstić information content (AvgIpc) is 2.63. The number of fused-ring (bicyclic) bond motifs is 2. The van der Waals surface area contributed by atoms with Gasteiger partial charge in [-0.3, -0.25) is 4.90 Å². The van der Waals surface area contributed by atoms with Crippen molar-refractivity contribution in [1.82, 2.24) is 4.90 Å². The van der Waals surface area contributed by atoms with Gasteiger partial charge >= 0.3 is 0 Å². The number of phenolic OH excluding ortho intramolecular Hbond substituents is 1. The lowest BCUT2D eigenvalue weighted by atomic mass is 9.76. The van der Waals surface area contributed by atoms with Crippen molar-refractivity contribution in [3.63, 3.8) is 0 Å². The average molecular weight is 341 g/mol. The van der Waals surface area contributed by atoms with E-state index in [0.29, 0.717) is 11.5 Å². The van der Waals surface area contributed by atoms with E-state index in [4.69, 9.17) is 14.2 Å². The van der Waals surface area contributed by atoms with Crippen LogP contribution in [0.15, 0.2) is 18.2 Å². The maximum Gasteiger partial charge on any atom is 0.204 e. The molecule has 0 spiro atoms. The monoisotopic (exact) mass is 341 g/mol. The van der Waals surface area contributed by atoms with Gasteiger partial charge < -0.3 is 19.3 Å². The van der Waals surface area contributed by atoms with Crippen LogP contribution in [0.3, 0.4) is 0 Å². The highest BCUT2D eigenvalue weighted by molar-refractivity contribution is 5.88. The van der Waals surface area contributed by atoms with Gasteiger partial charge in [0.05, 0.1) is 21.3 Å². The summed E-state index contributed by atoms with van der Waals surface area (Å²) in [5, 5.41) is 10.6. The molecule has 0 saturated carbocycles. The van der Waals surface area contributed by atoms with Crippen molar-refractivity contribution in [2.24, 2.45) is 0 Å². The lowest BCUT2D eigenvalue weighted by Crippen LogP contribution is -2.36. The van der Waals surface area contributed by atoms with Crippen molar-refractivity contribution in [2.75, 3.05) is 34.9 Å². The molecule has 1 atom stereocenters. The molecule has 25 heavy (non-hydrogen) atoms. The quantitative estimate of drug-likeness (QED) is 0.929. The maximum absolute atomic E-state index is 10.6. The van der Waals surface area contributed by atoms with Gasteiger partial charge in [0.1, 0.15) is 5.75 Å². The fourth-order valence-electron chi connectivity index (χ4n) is 4.39. The zero-order chi connectivity index (χ0) is 17.7. The Kier molecular flexibility index (Phi) is 3.76. The summed E-state index contributed by atoms with van der Waals surface area (Å²) in [4.78, 5) is 2.37. The van der Waals surface area contributed by atoms with Crippen LogP contribution in [0.5, 0.6) is 23.0 Å². The summed E-state index contributed by atoms with van der Waals surface area (Å²) in [6, 6.07) is 5.95. The molecule has 0 bridgehead atoms. The Morgan fingerprint density at radius 1 is 1.00 bits per heavy atom. The van der Waals surface area contributed by atoms with Gasteiger partial charge in [-0.1, -0.05) is 12.1 Å². The number of hydrogen-bond donors (Lipinski definition) is 1. The Morgan fingerprint density at radius 2 is 1.72 bits per heavy atom. The second-order valence-electron chi connectivity index (χ2n) is 6.63. The standard InChI is InChI=1S/C20H23NO4/c1-21-9-8-12-16-13(21)10-11-6-5-7-14(22)15(11)17(16)19(24-3)20(25-4)18(12)23-2/h5-7,13,22H,8-10H2,1-4H3/t13-/m1/s1. The number of benzene rings is 2. The highest BCUT2D eigenvalue weighted by Gasteiger charge is 2.39. The third-order valence-electron chi connectivity index (χ3n) is 5.49. The highest BCUT2D eigenvalue weighted by atomic mass is 16.5. The zero-order valence-electron chi connectivity index (χ0n) is 15.0. The molecule has 1 aliphatic carbocycles. The van der Waals surface area contributed by atoms with E-state index in [-0.39, 0.29) is 11.8 Å². The first kappa shape index (κ1) is 16.1. The number of hydrogen-bond acceptors (Lipinski definition) is 5. The number of ether oxygens (including phenoxy) is 3.